The number of piperazine rings is 1. The largest absolute Gasteiger partial charge is 0.367 e. The highest BCUT2D eigenvalue weighted by molar-refractivity contribution is 6.03. The molecule has 8 heteroatoms. The van der Waals surface area contributed by atoms with Gasteiger partial charge in [0, 0.05) is 44.5 Å². The molecular weight excluding hydrogens is 346 g/mol. The van der Waals surface area contributed by atoms with Gasteiger partial charge in [0.05, 0.1) is 11.9 Å². The van der Waals surface area contributed by atoms with E-state index in [-0.39, 0.29) is 11.8 Å². The number of pyridine rings is 1. The van der Waals surface area contributed by atoms with Gasteiger partial charge in [0.2, 0.25) is 12.3 Å². The highest BCUT2D eigenvalue weighted by Gasteiger charge is 2.16. The van der Waals surface area contributed by atoms with Crippen LogP contribution in [-0.2, 0) is 9.59 Å². The number of aromatic nitrogens is 1. The monoisotopic (exact) mass is 367 g/mol. The van der Waals surface area contributed by atoms with E-state index in [0.29, 0.717) is 30.2 Å². The first kappa shape index (κ1) is 18.4. The van der Waals surface area contributed by atoms with Crippen LogP contribution in [0.15, 0.2) is 42.6 Å². The molecule has 3 rings (SSSR count). The van der Waals surface area contributed by atoms with Crippen molar-refractivity contribution in [2.75, 3.05) is 41.7 Å². The van der Waals surface area contributed by atoms with Gasteiger partial charge in [-0.1, -0.05) is 6.07 Å². The van der Waals surface area contributed by atoms with E-state index in [1.807, 2.05) is 6.07 Å². The molecule has 0 spiro atoms. The number of nitrogens with zero attached hydrogens (tertiary/aromatic N) is 3. The van der Waals surface area contributed by atoms with E-state index >= 15 is 0 Å². The molecule has 0 aliphatic carbocycles. The highest BCUT2D eigenvalue weighted by Crippen LogP contribution is 2.18. The summed E-state index contributed by atoms with van der Waals surface area (Å²) >= 11 is 0. The highest BCUT2D eigenvalue weighted by atomic mass is 16.2. The molecule has 140 valence electrons. The molecule has 27 heavy (non-hydrogen) atoms. The Morgan fingerprint density at radius 1 is 1.04 bits per heavy atom. The number of hydrogen-bond donors (Lipinski definition) is 2. The minimum absolute atomic E-state index is 0.176. The second-order valence-corrected chi connectivity index (χ2v) is 6.25. The fourth-order valence-electron chi connectivity index (χ4n) is 2.87. The van der Waals surface area contributed by atoms with Crippen molar-refractivity contribution >= 4 is 35.3 Å². The van der Waals surface area contributed by atoms with E-state index in [1.165, 1.54) is 6.92 Å². The lowest BCUT2D eigenvalue weighted by molar-refractivity contribution is -0.118. The average molecular weight is 367 g/mol. The number of carbonyl (C=O) groups excluding carboxylic acids is 3. The van der Waals surface area contributed by atoms with Gasteiger partial charge < -0.3 is 20.4 Å². The number of hydrogen-bond acceptors (Lipinski definition) is 5. The van der Waals surface area contributed by atoms with Crippen molar-refractivity contribution in [1.29, 1.82) is 0 Å². The lowest BCUT2D eigenvalue weighted by Crippen LogP contribution is -2.45. The lowest BCUT2D eigenvalue weighted by atomic mass is 10.2. The molecule has 1 saturated heterocycles. The van der Waals surface area contributed by atoms with Gasteiger partial charge in [-0.05, 0) is 30.3 Å². The van der Waals surface area contributed by atoms with Gasteiger partial charge >= 0.3 is 0 Å². The quantitative estimate of drug-likeness (QED) is 0.783. The molecule has 2 heterocycles. The standard InChI is InChI=1S/C19H21N5O3/c1-14(26)21-15-3-2-4-16(11-15)22-19(27)18-6-5-17(12-20-18)24-9-7-23(13-25)8-10-24/h2-6,11-13H,7-10H2,1H3,(H,21,26)(H,22,27). The number of amides is 3. The molecule has 2 N–H and O–H groups in total. The number of rotatable bonds is 5. The van der Waals surface area contributed by atoms with E-state index < -0.39 is 0 Å². The Labute approximate surface area is 157 Å². The minimum Gasteiger partial charge on any atom is -0.367 e. The molecule has 1 aromatic heterocycles. The number of anilines is 3. The third-order valence-corrected chi connectivity index (χ3v) is 4.25. The first-order chi connectivity index (χ1) is 13.0. The second kappa shape index (κ2) is 8.31. The van der Waals surface area contributed by atoms with Gasteiger partial charge in [-0.25, -0.2) is 4.98 Å². The molecule has 2 aromatic rings. The number of nitrogens with one attached hydrogen (secondary N) is 2. The van der Waals surface area contributed by atoms with Crippen LogP contribution < -0.4 is 15.5 Å². The van der Waals surface area contributed by atoms with Crippen molar-refractivity contribution in [3.8, 4) is 0 Å². The summed E-state index contributed by atoms with van der Waals surface area (Å²) in [5.74, 6) is -0.503. The van der Waals surface area contributed by atoms with Crippen LogP contribution in [0.4, 0.5) is 17.1 Å². The summed E-state index contributed by atoms with van der Waals surface area (Å²) < 4.78 is 0. The lowest BCUT2D eigenvalue weighted by Gasteiger charge is -2.33. The summed E-state index contributed by atoms with van der Waals surface area (Å²) in [6, 6.07) is 10.4. The van der Waals surface area contributed by atoms with Crippen LogP contribution in [0.3, 0.4) is 0 Å². The van der Waals surface area contributed by atoms with E-state index in [4.69, 9.17) is 0 Å². The van der Waals surface area contributed by atoms with Crippen molar-refractivity contribution in [2.24, 2.45) is 0 Å². The van der Waals surface area contributed by atoms with Crippen LogP contribution in [0.5, 0.6) is 0 Å². The summed E-state index contributed by atoms with van der Waals surface area (Å²) in [6.45, 7) is 4.26. The van der Waals surface area contributed by atoms with Crippen LogP contribution in [-0.4, -0.2) is 54.3 Å². The molecular formula is C19H21N5O3. The van der Waals surface area contributed by atoms with Crippen molar-refractivity contribution in [1.82, 2.24) is 9.88 Å². The molecule has 1 aliphatic rings. The number of carbonyl (C=O) groups is 3. The van der Waals surface area contributed by atoms with Crippen LogP contribution >= 0.6 is 0 Å². The summed E-state index contributed by atoms with van der Waals surface area (Å²) in [4.78, 5) is 42.4. The average Bonchev–Trinajstić information content (AvgIpc) is 2.68. The van der Waals surface area contributed by atoms with E-state index in [0.717, 1.165) is 25.2 Å². The van der Waals surface area contributed by atoms with Gasteiger partial charge in [-0.3, -0.25) is 14.4 Å². The van der Waals surface area contributed by atoms with E-state index in [9.17, 15) is 14.4 Å². The zero-order chi connectivity index (χ0) is 19.2. The minimum atomic E-state index is -0.327. The zero-order valence-electron chi connectivity index (χ0n) is 15.0. The third kappa shape index (κ3) is 4.81. The molecule has 0 radical (unpaired) electrons. The molecule has 8 nitrogen and oxygen atoms in total. The number of benzene rings is 1. The van der Waals surface area contributed by atoms with E-state index in [2.05, 4.69) is 20.5 Å². The molecule has 0 unspecified atom stereocenters. The topological polar surface area (TPSA) is 94.6 Å². The summed E-state index contributed by atoms with van der Waals surface area (Å²) in [7, 11) is 0. The van der Waals surface area contributed by atoms with Gasteiger partial charge in [-0.15, -0.1) is 0 Å². The Bertz CT molecular complexity index is 829. The van der Waals surface area contributed by atoms with E-state index in [1.54, 1.807) is 41.4 Å². The zero-order valence-corrected chi connectivity index (χ0v) is 15.0. The second-order valence-electron chi connectivity index (χ2n) is 6.25. The first-order valence-corrected chi connectivity index (χ1v) is 8.64. The van der Waals surface area contributed by atoms with Crippen LogP contribution in [0.25, 0.3) is 0 Å². The maximum Gasteiger partial charge on any atom is 0.274 e. The Balaban J connectivity index is 1.62. The van der Waals surface area contributed by atoms with Crippen molar-refractivity contribution in [3.63, 3.8) is 0 Å². The smallest absolute Gasteiger partial charge is 0.274 e. The molecule has 1 aliphatic heterocycles. The van der Waals surface area contributed by atoms with Gasteiger partial charge in [0.1, 0.15) is 5.69 Å². The molecule has 0 atom stereocenters. The molecule has 1 aromatic carbocycles. The van der Waals surface area contributed by atoms with Crippen molar-refractivity contribution in [2.45, 2.75) is 6.92 Å². The van der Waals surface area contributed by atoms with Crippen molar-refractivity contribution < 1.29 is 14.4 Å². The summed E-state index contributed by atoms with van der Waals surface area (Å²) in [6.07, 6.45) is 2.53. The Morgan fingerprint density at radius 3 is 2.33 bits per heavy atom. The van der Waals surface area contributed by atoms with Crippen LogP contribution in [0.2, 0.25) is 0 Å². The normalized spacial score (nSPS) is 13.8. The first-order valence-electron chi connectivity index (χ1n) is 8.64. The predicted molar refractivity (Wildman–Crippen MR) is 103 cm³/mol. The summed E-state index contributed by atoms with van der Waals surface area (Å²) in [5.41, 5.74) is 2.40. The Hall–Kier alpha value is -3.42. The fraction of sp³-hybridized carbons (Fsp3) is 0.263. The maximum absolute atomic E-state index is 12.4. The SMILES string of the molecule is CC(=O)Nc1cccc(NC(=O)c2ccc(N3CCN(C=O)CC3)cn2)c1. The third-order valence-electron chi connectivity index (χ3n) is 4.25. The van der Waals surface area contributed by atoms with Gasteiger partial charge in [0.25, 0.3) is 5.91 Å². The predicted octanol–water partition coefficient (Wildman–Crippen LogP) is 1.57. The molecule has 0 bridgehead atoms. The molecule has 0 saturated carbocycles. The molecule has 1 fully saturated rings. The Morgan fingerprint density at radius 2 is 1.74 bits per heavy atom. The molecule has 3 amide bonds. The van der Waals surface area contributed by atoms with Crippen molar-refractivity contribution in [3.05, 3.63) is 48.3 Å². The van der Waals surface area contributed by atoms with Crippen LogP contribution in [0, 0.1) is 0 Å². The fourth-order valence-corrected chi connectivity index (χ4v) is 2.87. The Kier molecular flexibility index (Phi) is 5.65. The summed E-state index contributed by atoms with van der Waals surface area (Å²) in [5, 5.41) is 5.45. The van der Waals surface area contributed by atoms with Gasteiger partial charge in [-0.2, -0.15) is 0 Å². The van der Waals surface area contributed by atoms with Crippen LogP contribution in [0.1, 0.15) is 17.4 Å². The maximum atomic E-state index is 12.4. The van der Waals surface area contributed by atoms with Gasteiger partial charge in [0.15, 0.2) is 0 Å².